The van der Waals surface area contributed by atoms with Gasteiger partial charge >= 0.3 is 0 Å². The predicted octanol–water partition coefficient (Wildman–Crippen LogP) is 3.79. The summed E-state index contributed by atoms with van der Waals surface area (Å²) in [5.41, 5.74) is 2.98. The van der Waals surface area contributed by atoms with Crippen LogP contribution in [0.4, 0.5) is 0 Å². The van der Waals surface area contributed by atoms with Crippen LogP contribution >= 0.6 is 15.9 Å². The molecule has 0 saturated carbocycles. The number of carbonyl (C=O) groups is 1. The minimum Gasteiger partial charge on any atom is -0.356 e. The fourth-order valence-electron chi connectivity index (χ4n) is 2.75. The average Bonchev–Trinajstić information content (AvgIpc) is 2.68. The van der Waals surface area contributed by atoms with Crippen molar-refractivity contribution in [3.8, 4) is 0 Å². The van der Waals surface area contributed by atoms with E-state index in [0.717, 1.165) is 22.5 Å². The second-order valence-corrected chi connectivity index (χ2v) is 8.49. The fraction of sp³-hybridized carbons (Fsp3) is 0.364. The largest absolute Gasteiger partial charge is 0.356 e. The van der Waals surface area contributed by atoms with Crippen LogP contribution in [0.1, 0.15) is 35.3 Å². The van der Waals surface area contributed by atoms with Gasteiger partial charge in [-0.05, 0) is 35.4 Å². The summed E-state index contributed by atoms with van der Waals surface area (Å²) in [6.45, 7) is 5.79. The van der Waals surface area contributed by atoms with E-state index in [4.69, 9.17) is 0 Å². The summed E-state index contributed by atoms with van der Waals surface area (Å²) in [5, 5.41) is 6.73. The highest BCUT2D eigenvalue weighted by atomic mass is 79.9. The molecule has 0 heterocycles. The second kappa shape index (κ2) is 9.73. The summed E-state index contributed by atoms with van der Waals surface area (Å²) in [6, 6.07) is 16.0. The van der Waals surface area contributed by atoms with Crippen molar-refractivity contribution in [2.45, 2.75) is 25.8 Å². The molecule has 0 unspecified atom stereocenters. The van der Waals surface area contributed by atoms with Crippen molar-refractivity contribution < 1.29 is 4.79 Å². The fourth-order valence-corrected chi connectivity index (χ4v) is 3.15. The van der Waals surface area contributed by atoms with Crippen molar-refractivity contribution in [1.82, 2.24) is 15.5 Å². The van der Waals surface area contributed by atoms with Gasteiger partial charge in [-0.3, -0.25) is 9.79 Å². The Bertz CT molecular complexity index is 829. The highest BCUT2D eigenvalue weighted by Crippen LogP contribution is 2.25. The van der Waals surface area contributed by atoms with Crippen LogP contribution in [0, 0.1) is 0 Å². The lowest BCUT2D eigenvalue weighted by Crippen LogP contribution is -2.43. The van der Waals surface area contributed by atoms with Crippen LogP contribution in [0.15, 0.2) is 58.0 Å². The lowest BCUT2D eigenvalue weighted by Gasteiger charge is -2.27. The van der Waals surface area contributed by atoms with Crippen LogP contribution in [0.25, 0.3) is 0 Å². The van der Waals surface area contributed by atoms with Gasteiger partial charge in [-0.2, -0.15) is 0 Å². The number of carbonyl (C=O) groups excluding carboxylic acids is 1. The number of aliphatic imine (C=N–C) groups is 1. The Hall–Kier alpha value is -2.34. The predicted molar refractivity (Wildman–Crippen MR) is 120 cm³/mol. The van der Waals surface area contributed by atoms with Crippen LogP contribution in [-0.2, 0) is 12.0 Å². The van der Waals surface area contributed by atoms with E-state index in [1.807, 2.05) is 30.3 Å². The molecule has 0 bridgehead atoms. The average molecular weight is 445 g/mol. The molecular weight excluding hydrogens is 416 g/mol. The molecule has 2 rings (SSSR count). The first kappa shape index (κ1) is 22.0. The highest BCUT2D eigenvalue weighted by molar-refractivity contribution is 9.10. The molecule has 2 aromatic rings. The topological polar surface area (TPSA) is 56.7 Å². The Morgan fingerprint density at radius 1 is 1.11 bits per heavy atom. The van der Waals surface area contributed by atoms with Gasteiger partial charge in [0.15, 0.2) is 5.96 Å². The third kappa shape index (κ3) is 6.09. The zero-order valence-corrected chi connectivity index (χ0v) is 18.8. The number of nitrogens with zero attached hydrogens (tertiary/aromatic N) is 2. The standard InChI is InChI=1S/C22H29BrN4O/c1-22(2,18-7-6-8-19(23)13-18)15-26-21(24-3)25-14-16-9-11-17(12-10-16)20(28)27(4)5/h6-13H,14-15H2,1-5H3,(H2,24,25,26). The molecule has 28 heavy (non-hydrogen) atoms. The molecule has 0 aliphatic rings. The number of rotatable bonds is 6. The van der Waals surface area contributed by atoms with Gasteiger partial charge in [0.2, 0.25) is 0 Å². The summed E-state index contributed by atoms with van der Waals surface area (Å²) in [6.07, 6.45) is 0. The Labute approximate surface area is 176 Å². The summed E-state index contributed by atoms with van der Waals surface area (Å²) >= 11 is 3.54. The maximum absolute atomic E-state index is 12.0. The zero-order chi connectivity index (χ0) is 20.7. The number of amides is 1. The maximum atomic E-state index is 12.0. The number of halogens is 1. The van der Waals surface area contributed by atoms with Crippen molar-refractivity contribution in [2.24, 2.45) is 4.99 Å². The van der Waals surface area contributed by atoms with Crippen molar-refractivity contribution >= 4 is 27.8 Å². The molecule has 0 aliphatic heterocycles. The molecule has 5 nitrogen and oxygen atoms in total. The number of benzene rings is 2. The van der Waals surface area contributed by atoms with Gasteiger partial charge in [-0.15, -0.1) is 0 Å². The van der Waals surface area contributed by atoms with E-state index in [0.29, 0.717) is 12.1 Å². The molecule has 0 atom stereocenters. The molecule has 0 radical (unpaired) electrons. The van der Waals surface area contributed by atoms with E-state index in [9.17, 15) is 4.79 Å². The van der Waals surface area contributed by atoms with Crippen LogP contribution in [0.3, 0.4) is 0 Å². The molecule has 0 aliphatic carbocycles. The van der Waals surface area contributed by atoms with Crippen LogP contribution in [0.5, 0.6) is 0 Å². The molecule has 2 aromatic carbocycles. The molecule has 0 fully saturated rings. The first-order valence-corrected chi connectivity index (χ1v) is 10.0. The van der Waals surface area contributed by atoms with E-state index in [1.54, 1.807) is 26.0 Å². The van der Waals surface area contributed by atoms with Gasteiger partial charge in [0.25, 0.3) is 5.91 Å². The van der Waals surface area contributed by atoms with Gasteiger partial charge in [0, 0.05) is 49.7 Å². The zero-order valence-electron chi connectivity index (χ0n) is 17.2. The minimum atomic E-state index is -0.0460. The Balaban J connectivity index is 1.92. The molecule has 2 N–H and O–H groups in total. The van der Waals surface area contributed by atoms with Gasteiger partial charge in [-0.1, -0.05) is 54.0 Å². The lowest BCUT2D eigenvalue weighted by molar-refractivity contribution is 0.0827. The van der Waals surface area contributed by atoms with Crippen LogP contribution in [0.2, 0.25) is 0 Å². The number of hydrogen-bond acceptors (Lipinski definition) is 2. The van der Waals surface area contributed by atoms with Crippen molar-refractivity contribution in [3.63, 3.8) is 0 Å². The van der Waals surface area contributed by atoms with E-state index < -0.39 is 0 Å². The SMILES string of the molecule is CN=C(NCc1ccc(C(=O)N(C)C)cc1)NCC(C)(C)c1cccc(Br)c1. The van der Waals surface area contributed by atoms with Crippen LogP contribution in [-0.4, -0.2) is 44.5 Å². The summed E-state index contributed by atoms with van der Waals surface area (Å²) in [5.74, 6) is 0.753. The Morgan fingerprint density at radius 2 is 1.79 bits per heavy atom. The van der Waals surface area contributed by atoms with Crippen LogP contribution < -0.4 is 10.6 Å². The summed E-state index contributed by atoms with van der Waals surface area (Å²) in [7, 11) is 5.27. The molecule has 0 spiro atoms. The van der Waals surface area contributed by atoms with Crippen molar-refractivity contribution in [1.29, 1.82) is 0 Å². The molecule has 0 aromatic heterocycles. The molecule has 6 heteroatoms. The van der Waals surface area contributed by atoms with E-state index in [1.165, 1.54) is 5.56 Å². The number of guanidine groups is 1. The van der Waals surface area contributed by atoms with E-state index in [-0.39, 0.29) is 11.3 Å². The quantitative estimate of drug-likeness (QED) is 0.526. The van der Waals surface area contributed by atoms with Gasteiger partial charge in [-0.25, -0.2) is 0 Å². The van der Waals surface area contributed by atoms with E-state index in [2.05, 4.69) is 63.6 Å². The van der Waals surface area contributed by atoms with Gasteiger partial charge < -0.3 is 15.5 Å². The third-order valence-electron chi connectivity index (χ3n) is 4.59. The summed E-state index contributed by atoms with van der Waals surface area (Å²) in [4.78, 5) is 17.8. The highest BCUT2D eigenvalue weighted by Gasteiger charge is 2.21. The van der Waals surface area contributed by atoms with E-state index >= 15 is 0 Å². The monoisotopic (exact) mass is 444 g/mol. The van der Waals surface area contributed by atoms with Crippen molar-refractivity contribution in [3.05, 3.63) is 69.7 Å². The smallest absolute Gasteiger partial charge is 0.253 e. The molecule has 1 amide bonds. The first-order valence-electron chi connectivity index (χ1n) is 9.24. The molecule has 0 saturated heterocycles. The Morgan fingerprint density at radius 3 is 2.36 bits per heavy atom. The minimum absolute atomic E-state index is 0.00626. The third-order valence-corrected chi connectivity index (χ3v) is 5.09. The number of nitrogens with one attached hydrogen (secondary N) is 2. The maximum Gasteiger partial charge on any atom is 0.253 e. The number of hydrogen-bond donors (Lipinski definition) is 2. The molecule has 150 valence electrons. The normalized spacial score (nSPS) is 11.9. The Kier molecular flexibility index (Phi) is 7.63. The molecular formula is C22H29BrN4O. The van der Waals surface area contributed by atoms with Crippen molar-refractivity contribution in [2.75, 3.05) is 27.7 Å². The second-order valence-electron chi connectivity index (χ2n) is 7.57. The summed E-state index contributed by atoms with van der Waals surface area (Å²) < 4.78 is 1.08. The van der Waals surface area contributed by atoms with Gasteiger partial charge in [0.1, 0.15) is 0 Å². The first-order chi connectivity index (χ1) is 13.2. The van der Waals surface area contributed by atoms with Gasteiger partial charge in [0.05, 0.1) is 0 Å². The lowest BCUT2D eigenvalue weighted by atomic mass is 9.85.